The maximum Gasteiger partial charge on any atom is 0.263 e. The fourth-order valence-electron chi connectivity index (χ4n) is 2.66. The number of ether oxygens (including phenoxy) is 3. The van der Waals surface area contributed by atoms with Crippen LogP contribution in [0.5, 0.6) is 17.2 Å². The van der Waals surface area contributed by atoms with Gasteiger partial charge in [0.05, 0.1) is 22.2 Å². The van der Waals surface area contributed by atoms with E-state index < -0.39 is 0 Å². The summed E-state index contributed by atoms with van der Waals surface area (Å²) in [7, 11) is 1.58. The SMILES string of the molecule is CCOc1cc(/C=C2\SC(=S)NC2=O)cc(I)c1OCC(=O)Nc1ccc(OC)cc1. The Morgan fingerprint density at radius 3 is 2.61 bits per heavy atom. The van der Waals surface area contributed by atoms with Crippen molar-refractivity contribution < 1.29 is 23.8 Å². The fourth-order valence-corrected chi connectivity index (χ4v) is 4.48. The number of hydrogen-bond acceptors (Lipinski definition) is 7. The van der Waals surface area contributed by atoms with Crippen molar-refractivity contribution in [2.45, 2.75) is 6.92 Å². The van der Waals surface area contributed by atoms with Crippen LogP contribution in [0.15, 0.2) is 41.3 Å². The van der Waals surface area contributed by atoms with E-state index in [9.17, 15) is 9.59 Å². The lowest BCUT2D eigenvalue weighted by molar-refractivity contribution is -0.118. The third-order valence-electron chi connectivity index (χ3n) is 3.99. The topological polar surface area (TPSA) is 85.9 Å². The Bertz CT molecular complexity index is 1040. The van der Waals surface area contributed by atoms with E-state index in [1.54, 1.807) is 43.5 Å². The van der Waals surface area contributed by atoms with Crippen LogP contribution in [-0.2, 0) is 9.59 Å². The van der Waals surface area contributed by atoms with E-state index in [0.29, 0.717) is 38.8 Å². The lowest BCUT2D eigenvalue weighted by Crippen LogP contribution is -2.20. The molecule has 1 saturated heterocycles. The van der Waals surface area contributed by atoms with E-state index in [1.807, 2.05) is 13.0 Å². The Balaban J connectivity index is 1.72. The van der Waals surface area contributed by atoms with Crippen molar-refractivity contribution in [2.24, 2.45) is 0 Å². The molecule has 10 heteroatoms. The van der Waals surface area contributed by atoms with Crippen LogP contribution in [-0.4, -0.2) is 36.5 Å². The van der Waals surface area contributed by atoms with Crippen LogP contribution in [0.2, 0.25) is 0 Å². The number of nitrogens with one attached hydrogen (secondary N) is 2. The van der Waals surface area contributed by atoms with Crippen LogP contribution >= 0.6 is 46.6 Å². The molecule has 2 aromatic rings. The number of amides is 2. The molecular formula is C21H19IN2O5S2. The molecule has 1 heterocycles. The molecule has 1 aliphatic heterocycles. The molecule has 0 spiro atoms. The molecule has 31 heavy (non-hydrogen) atoms. The van der Waals surface area contributed by atoms with Crippen molar-refractivity contribution >= 4 is 74.5 Å². The summed E-state index contributed by atoms with van der Waals surface area (Å²) in [6.45, 7) is 2.09. The summed E-state index contributed by atoms with van der Waals surface area (Å²) in [4.78, 5) is 24.7. The van der Waals surface area contributed by atoms with Crippen LogP contribution < -0.4 is 24.8 Å². The van der Waals surface area contributed by atoms with Gasteiger partial charge in [0.25, 0.3) is 11.8 Å². The predicted molar refractivity (Wildman–Crippen MR) is 134 cm³/mol. The molecule has 0 unspecified atom stereocenters. The maximum atomic E-state index is 12.3. The molecule has 0 aliphatic carbocycles. The second-order valence-corrected chi connectivity index (χ2v) is 9.06. The Morgan fingerprint density at radius 2 is 2.00 bits per heavy atom. The number of thiocarbonyl (C=S) groups is 1. The molecule has 2 N–H and O–H groups in total. The van der Waals surface area contributed by atoms with Gasteiger partial charge < -0.3 is 24.8 Å². The summed E-state index contributed by atoms with van der Waals surface area (Å²) in [5.74, 6) is 1.13. The highest BCUT2D eigenvalue weighted by Crippen LogP contribution is 2.36. The molecule has 2 aromatic carbocycles. The number of methoxy groups -OCH3 is 1. The van der Waals surface area contributed by atoms with Gasteiger partial charge in [0.15, 0.2) is 18.1 Å². The molecule has 0 atom stereocenters. The molecule has 0 aromatic heterocycles. The zero-order valence-electron chi connectivity index (χ0n) is 16.7. The largest absolute Gasteiger partial charge is 0.497 e. The molecule has 1 fully saturated rings. The Kier molecular flexibility index (Phi) is 8.15. The molecule has 2 amide bonds. The van der Waals surface area contributed by atoms with Crippen molar-refractivity contribution in [1.29, 1.82) is 0 Å². The Morgan fingerprint density at radius 1 is 1.26 bits per heavy atom. The highest BCUT2D eigenvalue weighted by atomic mass is 127. The van der Waals surface area contributed by atoms with Crippen LogP contribution in [0.4, 0.5) is 5.69 Å². The van der Waals surface area contributed by atoms with E-state index in [4.69, 9.17) is 26.4 Å². The first-order chi connectivity index (χ1) is 14.9. The fraction of sp³-hybridized carbons (Fsp3) is 0.190. The minimum Gasteiger partial charge on any atom is -0.497 e. The number of hydrogen-bond donors (Lipinski definition) is 2. The van der Waals surface area contributed by atoms with Gasteiger partial charge in [-0.05, 0) is 77.6 Å². The number of halogens is 1. The van der Waals surface area contributed by atoms with Crippen LogP contribution in [0, 0.1) is 3.57 Å². The first kappa shape index (κ1) is 23.4. The molecular weight excluding hydrogens is 551 g/mol. The van der Waals surface area contributed by atoms with E-state index in [0.717, 1.165) is 9.13 Å². The van der Waals surface area contributed by atoms with Crippen molar-refractivity contribution in [2.75, 3.05) is 25.6 Å². The van der Waals surface area contributed by atoms with Gasteiger partial charge in [0.1, 0.15) is 10.1 Å². The highest BCUT2D eigenvalue weighted by molar-refractivity contribution is 14.1. The van der Waals surface area contributed by atoms with Crippen LogP contribution in [0.1, 0.15) is 12.5 Å². The predicted octanol–water partition coefficient (Wildman–Crippen LogP) is 4.20. The van der Waals surface area contributed by atoms with E-state index in [1.165, 1.54) is 11.8 Å². The zero-order chi connectivity index (χ0) is 22.4. The van der Waals surface area contributed by atoms with Crippen molar-refractivity contribution in [3.05, 3.63) is 50.4 Å². The second-order valence-electron chi connectivity index (χ2n) is 6.18. The molecule has 162 valence electrons. The number of anilines is 1. The second kappa shape index (κ2) is 10.8. The summed E-state index contributed by atoms with van der Waals surface area (Å²) in [6.07, 6.45) is 1.74. The monoisotopic (exact) mass is 570 g/mol. The van der Waals surface area contributed by atoms with Crippen molar-refractivity contribution in [3.8, 4) is 17.2 Å². The van der Waals surface area contributed by atoms with Gasteiger partial charge in [-0.15, -0.1) is 0 Å². The molecule has 0 bridgehead atoms. The lowest BCUT2D eigenvalue weighted by Gasteiger charge is -2.15. The normalized spacial score (nSPS) is 14.4. The van der Waals surface area contributed by atoms with Crippen molar-refractivity contribution in [3.63, 3.8) is 0 Å². The minimum absolute atomic E-state index is 0.185. The molecule has 0 saturated carbocycles. The number of carbonyl (C=O) groups is 2. The average Bonchev–Trinajstić information content (AvgIpc) is 3.04. The average molecular weight is 570 g/mol. The number of carbonyl (C=O) groups excluding carboxylic acids is 2. The third-order valence-corrected chi connectivity index (χ3v) is 5.96. The zero-order valence-corrected chi connectivity index (χ0v) is 20.5. The minimum atomic E-state index is -0.304. The Labute approximate surface area is 203 Å². The van der Waals surface area contributed by atoms with Gasteiger partial charge >= 0.3 is 0 Å². The van der Waals surface area contributed by atoms with E-state index >= 15 is 0 Å². The van der Waals surface area contributed by atoms with E-state index in [-0.39, 0.29) is 18.4 Å². The van der Waals surface area contributed by atoms with Gasteiger partial charge in [0.2, 0.25) is 0 Å². The number of benzene rings is 2. The summed E-state index contributed by atoms with van der Waals surface area (Å²) in [5, 5.41) is 5.36. The first-order valence-electron chi connectivity index (χ1n) is 9.17. The number of rotatable bonds is 8. The van der Waals surface area contributed by atoms with Crippen LogP contribution in [0.25, 0.3) is 6.08 Å². The maximum absolute atomic E-state index is 12.3. The standard InChI is InChI=1S/C21H19IN2O5S2/c1-3-28-16-9-12(10-17-20(26)24-21(30)31-17)8-15(22)19(16)29-11-18(25)23-13-4-6-14(27-2)7-5-13/h4-10H,3,11H2,1-2H3,(H,23,25)(H,24,26,30)/b17-10-. The van der Waals surface area contributed by atoms with Gasteiger partial charge in [-0.2, -0.15) is 0 Å². The van der Waals surface area contributed by atoms with Gasteiger partial charge in [0, 0.05) is 5.69 Å². The summed E-state index contributed by atoms with van der Waals surface area (Å²) >= 11 is 8.35. The Hall–Kier alpha value is -2.31. The van der Waals surface area contributed by atoms with Gasteiger partial charge in [-0.3, -0.25) is 9.59 Å². The molecule has 0 radical (unpaired) electrons. The van der Waals surface area contributed by atoms with Crippen LogP contribution in [0.3, 0.4) is 0 Å². The third kappa shape index (κ3) is 6.34. The number of thioether (sulfide) groups is 1. The summed E-state index contributed by atoms with van der Waals surface area (Å²) in [6, 6.07) is 10.6. The quantitative estimate of drug-likeness (QED) is 0.280. The lowest BCUT2D eigenvalue weighted by atomic mass is 10.2. The highest BCUT2D eigenvalue weighted by Gasteiger charge is 2.22. The summed E-state index contributed by atoms with van der Waals surface area (Å²) < 4.78 is 17.8. The first-order valence-corrected chi connectivity index (χ1v) is 11.5. The van der Waals surface area contributed by atoms with E-state index in [2.05, 4.69) is 33.2 Å². The molecule has 7 nitrogen and oxygen atoms in total. The van der Waals surface area contributed by atoms with Crippen molar-refractivity contribution in [1.82, 2.24) is 5.32 Å². The molecule has 1 aliphatic rings. The molecule has 3 rings (SSSR count). The van der Waals surface area contributed by atoms with Gasteiger partial charge in [-0.25, -0.2) is 0 Å². The summed E-state index contributed by atoms with van der Waals surface area (Å²) in [5.41, 5.74) is 1.41. The smallest absolute Gasteiger partial charge is 0.263 e. The van der Waals surface area contributed by atoms with Gasteiger partial charge in [-0.1, -0.05) is 24.0 Å².